The first-order valence-corrected chi connectivity index (χ1v) is 14.4. The van der Waals surface area contributed by atoms with E-state index in [-0.39, 0.29) is 12.0 Å². The van der Waals surface area contributed by atoms with Gasteiger partial charge in [0.25, 0.3) is 5.56 Å². The van der Waals surface area contributed by atoms with Crippen LogP contribution in [0.2, 0.25) is 0 Å². The molecule has 0 spiro atoms. The Hall–Kier alpha value is -0.290. The summed E-state index contributed by atoms with van der Waals surface area (Å²) in [5, 5.41) is 10.2. The van der Waals surface area contributed by atoms with E-state index < -0.39 is 57.5 Å². The summed E-state index contributed by atoms with van der Waals surface area (Å²) in [5.74, 6) is -3.56. The lowest BCUT2D eigenvalue weighted by molar-refractivity contribution is -0.0408. The molecular formula is C10H16Cl2N5O8P3. The highest BCUT2D eigenvalue weighted by Crippen LogP contribution is 2.74. The predicted octanol–water partition coefficient (Wildman–Crippen LogP) is 1.34. The summed E-state index contributed by atoms with van der Waals surface area (Å²) in [5.41, 5.74) is -1.00. The second-order valence-electron chi connectivity index (χ2n) is 6.08. The van der Waals surface area contributed by atoms with Crippen LogP contribution >= 0.6 is 43.7 Å². The van der Waals surface area contributed by atoms with Gasteiger partial charge in [-0.1, -0.05) is 0 Å². The Kier molecular flexibility index (Phi) is 6.20. The summed E-state index contributed by atoms with van der Waals surface area (Å²) in [4.78, 5) is 38.9. The van der Waals surface area contributed by atoms with Crippen LogP contribution in [0.4, 0.5) is 0 Å². The molecule has 13 nitrogen and oxygen atoms in total. The van der Waals surface area contributed by atoms with Crippen molar-refractivity contribution in [2.24, 2.45) is 4.52 Å². The van der Waals surface area contributed by atoms with Crippen LogP contribution in [-0.2, 0) is 18.4 Å². The molecule has 5 N–H and O–H groups in total. The molecule has 0 bridgehead atoms. The third-order valence-electron chi connectivity index (χ3n) is 3.82. The Morgan fingerprint density at radius 1 is 1.39 bits per heavy atom. The largest absolute Gasteiger partial charge is 0.397 e. The molecule has 18 heteroatoms. The van der Waals surface area contributed by atoms with Gasteiger partial charge in [0.15, 0.2) is 0 Å². The number of hydrogen-bond donors (Lipinski definition) is 5. The standard InChI is InChI=1S/C10H16Cl2N5O8P3/c1-5-3-17(10(20)13-9(5)19)8-2-6(18)7(25-8)4-24-28(23)15-26(11,12)14-27(21,22)16-28/h3,6-8,18H,2,4H2,1H3,(H,13,19,20)(H3,14,16,21,22,23)/t6?,7-,8-,28?/m1/s1. The van der Waals surface area contributed by atoms with Gasteiger partial charge in [-0.2, -0.15) is 9.37 Å². The average molecular weight is 498 g/mol. The van der Waals surface area contributed by atoms with E-state index in [4.69, 9.17) is 31.7 Å². The monoisotopic (exact) mass is 497 g/mol. The number of H-pyrrole nitrogens is 1. The number of aromatic nitrogens is 2. The van der Waals surface area contributed by atoms with E-state index >= 15 is 0 Å². The van der Waals surface area contributed by atoms with Crippen LogP contribution in [0, 0.1) is 6.92 Å². The maximum atomic E-state index is 12.6. The van der Waals surface area contributed by atoms with Crippen LogP contribution in [0.15, 0.2) is 20.3 Å². The van der Waals surface area contributed by atoms with Crippen LogP contribution < -0.4 is 21.0 Å². The normalized spacial score (nSPS) is 37.5. The topological polar surface area (TPSA) is 184 Å². The van der Waals surface area contributed by atoms with Crippen molar-refractivity contribution >= 4 is 43.7 Å². The number of aromatic amines is 1. The third-order valence-corrected chi connectivity index (χ3v) is 12.9. The van der Waals surface area contributed by atoms with Gasteiger partial charge in [-0.15, -0.1) is 4.86 Å². The van der Waals surface area contributed by atoms with Crippen LogP contribution in [0.25, 0.3) is 0 Å². The van der Waals surface area contributed by atoms with Crippen LogP contribution in [0.3, 0.4) is 0 Å². The number of halogens is 2. The van der Waals surface area contributed by atoms with E-state index in [2.05, 4.69) is 9.50 Å². The van der Waals surface area contributed by atoms with E-state index in [1.807, 2.05) is 9.72 Å². The molecule has 2 aliphatic rings. The quantitative estimate of drug-likeness (QED) is 0.380. The molecule has 1 saturated heterocycles. The zero-order valence-corrected chi connectivity index (χ0v) is 18.3. The molecule has 0 aromatic carbocycles. The molecule has 3 heterocycles. The van der Waals surface area contributed by atoms with Gasteiger partial charge in [0.1, 0.15) is 12.3 Å². The lowest BCUT2D eigenvalue weighted by Crippen LogP contribution is -2.33. The van der Waals surface area contributed by atoms with Gasteiger partial charge < -0.3 is 14.7 Å². The zero-order chi connectivity index (χ0) is 20.9. The number of nitrogens with zero attached hydrogens (tertiary/aromatic N) is 2. The van der Waals surface area contributed by atoms with E-state index in [1.165, 1.54) is 13.1 Å². The second kappa shape index (κ2) is 7.76. The third kappa shape index (κ3) is 5.06. The predicted molar refractivity (Wildman–Crippen MR) is 101 cm³/mol. The summed E-state index contributed by atoms with van der Waals surface area (Å²) in [6, 6.07) is 0. The maximum Gasteiger partial charge on any atom is 0.397 e. The fourth-order valence-corrected chi connectivity index (χ4v) is 12.3. The van der Waals surface area contributed by atoms with Gasteiger partial charge in [-0.25, -0.2) is 9.36 Å². The fourth-order valence-electron chi connectivity index (χ4n) is 2.61. The molecular weight excluding hydrogens is 482 g/mol. The van der Waals surface area contributed by atoms with Gasteiger partial charge >= 0.3 is 21.0 Å². The smallest absolute Gasteiger partial charge is 0.390 e. The summed E-state index contributed by atoms with van der Waals surface area (Å²) < 4.78 is 39.6. The molecule has 3 rings (SSSR count). The Bertz CT molecular complexity index is 1050. The molecule has 158 valence electrons. The number of nitrogens with one attached hydrogen (secondary N) is 3. The van der Waals surface area contributed by atoms with Gasteiger partial charge in [-0.3, -0.25) is 23.4 Å². The van der Waals surface area contributed by atoms with Gasteiger partial charge in [0, 0.05) is 18.2 Å². The SMILES string of the molecule is Cc1cn([C@H]2CC(O)[C@@H](COP3(=O)N=P(Cl)(Cl)NP(=O)(O)N3)O2)c(=O)[nH]c1=O. The number of aliphatic hydroxyl groups is 1. The number of rotatable bonds is 4. The highest BCUT2D eigenvalue weighted by molar-refractivity contribution is 8.14. The van der Waals surface area contributed by atoms with Gasteiger partial charge in [0.05, 0.1) is 12.7 Å². The van der Waals surface area contributed by atoms with Gasteiger partial charge in [0.2, 0.25) is 5.91 Å². The van der Waals surface area contributed by atoms with Crippen molar-refractivity contribution in [1.29, 1.82) is 0 Å². The van der Waals surface area contributed by atoms with Crippen molar-refractivity contribution in [3.05, 3.63) is 32.6 Å². The number of aliphatic hydroxyl groups excluding tert-OH is 1. The van der Waals surface area contributed by atoms with Crippen molar-refractivity contribution in [2.45, 2.75) is 31.8 Å². The molecule has 1 aromatic rings. The highest BCUT2D eigenvalue weighted by atomic mass is 35.9. The Morgan fingerprint density at radius 3 is 2.71 bits per heavy atom. The van der Waals surface area contributed by atoms with E-state index in [0.717, 1.165) is 4.57 Å². The molecule has 2 aliphatic heterocycles. The Labute approximate surface area is 167 Å². The van der Waals surface area contributed by atoms with Crippen molar-refractivity contribution in [1.82, 2.24) is 19.3 Å². The van der Waals surface area contributed by atoms with Crippen molar-refractivity contribution in [3.63, 3.8) is 0 Å². The lowest BCUT2D eigenvalue weighted by atomic mass is 10.2. The molecule has 28 heavy (non-hydrogen) atoms. The molecule has 0 aliphatic carbocycles. The second-order valence-corrected chi connectivity index (χ2v) is 15.3. The number of aryl methyl sites for hydroxylation is 1. The van der Waals surface area contributed by atoms with Crippen LogP contribution in [0.1, 0.15) is 18.2 Å². The van der Waals surface area contributed by atoms with Crippen molar-refractivity contribution in [3.8, 4) is 0 Å². The molecule has 1 aromatic heterocycles. The number of hydrogen-bond acceptors (Lipinski definition) is 7. The summed E-state index contributed by atoms with van der Waals surface area (Å²) in [6.07, 6.45) is -1.81. The first kappa shape index (κ1) is 22.4. The molecule has 0 saturated carbocycles. The number of ether oxygens (including phenoxy) is 1. The minimum Gasteiger partial charge on any atom is -0.390 e. The van der Waals surface area contributed by atoms with Crippen molar-refractivity contribution in [2.75, 3.05) is 6.61 Å². The Morgan fingerprint density at radius 2 is 2.07 bits per heavy atom. The van der Waals surface area contributed by atoms with E-state index in [1.54, 1.807) is 0 Å². The fraction of sp³-hybridized carbons (Fsp3) is 0.600. The molecule has 5 atom stereocenters. The van der Waals surface area contributed by atoms with E-state index in [0.29, 0.717) is 0 Å². The van der Waals surface area contributed by atoms with E-state index in [9.17, 15) is 28.7 Å². The maximum absolute atomic E-state index is 12.6. The first-order valence-electron chi connectivity index (χ1n) is 7.64. The highest BCUT2D eigenvalue weighted by Gasteiger charge is 2.45. The summed E-state index contributed by atoms with van der Waals surface area (Å²) in [6.45, 7) is 0.994. The molecule has 3 unspecified atom stereocenters. The summed E-state index contributed by atoms with van der Waals surface area (Å²) >= 11 is 11.5. The lowest BCUT2D eigenvalue weighted by Gasteiger charge is -2.28. The van der Waals surface area contributed by atoms with Crippen LogP contribution in [-0.4, -0.2) is 38.4 Å². The zero-order valence-electron chi connectivity index (χ0n) is 14.1. The molecule has 0 amide bonds. The minimum atomic E-state index is -4.36. The molecule has 0 radical (unpaired) electrons. The average Bonchev–Trinajstić information content (AvgIpc) is 2.86. The minimum absolute atomic E-state index is 0.0176. The van der Waals surface area contributed by atoms with Crippen LogP contribution in [0.5, 0.6) is 0 Å². The van der Waals surface area contributed by atoms with Gasteiger partial charge in [-0.05, 0) is 29.4 Å². The van der Waals surface area contributed by atoms with Crippen molar-refractivity contribution < 1.29 is 28.4 Å². The summed E-state index contributed by atoms with van der Waals surface area (Å²) in [7, 11) is -8.64. The first-order chi connectivity index (χ1) is 12.8. The Balaban J connectivity index is 1.74. The molecule has 1 fully saturated rings.